The molecule has 0 unspecified atom stereocenters. The average Bonchev–Trinajstić information content (AvgIpc) is 2.53. The summed E-state index contributed by atoms with van der Waals surface area (Å²) in [7, 11) is -3.90. The Bertz CT molecular complexity index is 656. The first-order chi connectivity index (χ1) is 7.93. The van der Waals surface area contributed by atoms with Crippen molar-refractivity contribution < 1.29 is 18.3 Å². The number of allylic oxidation sites excluding steroid dienone is 2. The van der Waals surface area contributed by atoms with Crippen LogP contribution in [0, 0.1) is 0 Å². The smallest absolute Gasteiger partial charge is 0.347 e. The number of halogens is 1. The molecular formula is C11H7BrO4S. The Morgan fingerprint density at radius 1 is 1.24 bits per heavy atom. The summed E-state index contributed by atoms with van der Waals surface area (Å²) in [5.41, 5.74) is 0.465. The highest BCUT2D eigenvalue weighted by molar-refractivity contribution is 9.10. The molecule has 0 saturated heterocycles. The second-order valence-corrected chi connectivity index (χ2v) is 6.18. The Morgan fingerprint density at radius 3 is 2.47 bits per heavy atom. The van der Waals surface area contributed by atoms with E-state index in [9.17, 15) is 13.2 Å². The van der Waals surface area contributed by atoms with E-state index < -0.39 is 20.7 Å². The molecule has 0 bridgehead atoms. The summed E-state index contributed by atoms with van der Waals surface area (Å²) in [5.74, 6) is -1.44. The quantitative estimate of drug-likeness (QED) is 0.908. The van der Waals surface area contributed by atoms with E-state index in [-0.39, 0.29) is 4.91 Å². The third kappa shape index (κ3) is 2.05. The molecule has 0 aromatic heterocycles. The first-order valence-corrected chi connectivity index (χ1v) is 6.87. The van der Waals surface area contributed by atoms with Gasteiger partial charge in [-0.1, -0.05) is 28.1 Å². The summed E-state index contributed by atoms with van der Waals surface area (Å²) >= 11 is 3.24. The lowest BCUT2D eigenvalue weighted by Crippen LogP contribution is -2.10. The lowest BCUT2D eigenvalue weighted by atomic mass is 10.2. The van der Waals surface area contributed by atoms with E-state index in [4.69, 9.17) is 5.11 Å². The fourth-order valence-corrected chi connectivity index (χ4v) is 3.33. The molecule has 0 amide bonds. The summed E-state index contributed by atoms with van der Waals surface area (Å²) in [6.07, 6.45) is 2.41. The van der Waals surface area contributed by atoms with Crippen molar-refractivity contribution in [2.75, 3.05) is 0 Å². The molecule has 1 aliphatic heterocycles. The number of benzene rings is 1. The largest absolute Gasteiger partial charge is 0.477 e. The van der Waals surface area contributed by atoms with Gasteiger partial charge in [-0.15, -0.1) is 0 Å². The van der Waals surface area contributed by atoms with Gasteiger partial charge in [-0.2, -0.15) is 0 Å². The maximum absolute atomic E-state index is 11.9. The molecule has 0 aliphatic carbocycles. The van der Waals surface area contributed by atoms with Gasteiger partial charge in [0.15, 0.2) is 4.91 Å². The molecule has 1 aliphatic rings. The van der Waals surface area contributed by atoms with Crippen LogP contribution < -0.4 is 0 Å². The minimum absolute atomic E-state index is 0.0104. The van der Waals surface area contributed by atoms with E-state index >= 15 is 0 Å². The Labute approximate surface area is 106 Å². The molecular weight excluding hydrogens is 308 g/mol. The standard InChI is InChI=1S/C11H7BrO4S/c12-8-3-1-2-7(6-8)9-4-5-10(11(13)14)17(9,15)16/h1-6H,(H,13,14). The molecule has 0 fully saturated rings. The molecule has 1 heterocycles. The highest BCUT2D eigenvalue weighted by Crippen LogP contribution is 2.33. The van der Waals surface area contributed by atoms with Gasteiger partial charge < -0.3 is 5.11 Å². The number of aliphatic carboxylic acids is 1. The maximum atomic E-state index is 11.9. The molecule has 1 N–H and O–H groups in total. The minimum atomic E-state index is -3.90. The van der Waals surface area contributed by atoms with E-state index in [0.717, 1.165) is 10.5 Å². The van der Waals surface area contributed by atoms with Crippen LogP contribution in [0.4, 0.5) is 0 Å². The third-order valence-corrected chi connectivity index (χ3v) is 4.62. The normalized spacial score (nSPS) is 17.5. The van der Waals surface area contributed by atoms with Crippen molar-refractivity contribution in [3.05, 3.63) is 51.4 Å². The zero-order valence-electron chi connectivity index (χ0n) is 8.42. The van der Waals surface area contributed by atoms with Crippen LogP contribution in [0.3, 0.4) is 0 Å². The van der Waals surface area contributed by atoms with Crippen LogP contribution in [-0.2, 0) is 14.6 Å². The first-order valence-electron chi connectivity index (χ1n) is 4.59. The first kappa shape index (κ1) is 12.1. The van der Waals surface area contributed by atoms with Crippen molar-refractivity contribution in [2.24, 2.45) is 0 Å². The van der Waals surface area contributed by atoms with E-state index in [1.807, 2.05) is 0 Å². The number of hydrogen-bond acceptors (Lipinski definition) is 3. The van der Waals surface area contributed by atoms with Gasteiger partial charge in [0.25, 0.3) is 0 Å². The Morgan fingerprint density at radius 2 is 1.94 bits per heavy atom. The van der Waals surface area contributed by atoms with Gasteiger partial charge in [0, 0.05) is 4.47 Å². The SMILES string of the molecule is O=C(O)C1=CC=C(c2cccc(Br)c2)S1(=O)=O. The number of rotatable bonds is 2. The van der Waals surface area contributed by atoms with Gasteiger partial charge in [-0.3, -0.25) is 0 Å². The Balaban J connectivity index is 2.50. The predicted octanol–water partition coefficient (Wildman–Crippen LogP) is 2.19. The second kappa shape index (κ2) is 4.12. The second-order valence-electron chi connectivity index (χ2n) is 3.38. The maximum Gasteiger partial charge on any atom is 0.347 e. The fraction of sp³-hybridized carbons (Fsp3) is 0. The van der Waals surface area contributed by atoms with Crippen LogP contribution in [0.2, 0.25) is 0 Å². The van der Waals surface area contributed by atoms with Gasteiger partial charge in [0.05, 0.1) is 4.91 Å². The van der Waals surface area contributed by atoms with Crippen LogP contribution in [0.5, 0.6) is 0 Å². The molecule has 6 heteroatoms. The van der Waals surface area contributed by atoms with E-state index in [2.05, 4.69) is 15.9 Å². The average molecular weight is 315 g/mol. The molecule has 88 valence electrons. The summed E-state index contributed by atoms with van der Waals surface area (Å²) in [6.45, 7) is 0. The van der Waals surface area contributed by atoms with Crippen molar-refractivity contribution in [3.8, 4) is 0 Å². The highest BCUT2D eigenvalue weighted by atomic mass is 79.9. The van der Waals surface area contributed by atoms with Gasteiger partial charge >= 0.3 is 5.97 Å². The van der Waals surface area contributed by atoms with Crippen molar-refractivity contribution in [1.29, 1.82) is 0 Å². The van der Waals surface area contributed by atoms with E-state index in [1.165, 1.54) is 6.08 Å². The number of carbonyl (C=O) groups is 1. The van der Waals surface area contributed by atoms with Gasteiger partial charge in [-0.05, 0) is 29.8 Å². The number of hydrogen-bond donors (Lipinski definition) is 1. The number of carboxylic acid groups (broad SMARTS) is 1. The van der Waals surface area contributed by atoms with Crippen molar-refractivity contribution in [2.45, 2.75) is 0 Å². The minimum Gasteiger partial charge on any atom is -0.477 e. The topological polar surface area (TPSA) is 71.4 Å². The van der Waals surface area contributed by atoms with Gasteiger partial charge in [0.1, 0.15) is 0 Å². The summed E-state index contributed by atoms with van der Waals surface area (Å²) < 4.78 is 24.6. The van der Waals surface area contributed by atoms with Crippen LogP contribution in [0.1, 0.15) is 5.56 Å². The Kier molecular flexibility index (Phi) is 2.92. The zero-order valence-corrected chi connectivity index (χ0v) is 10.8. The van der Waals surface area contributed by atoms with Crippen LogP contribution in [0.15, 0.2) is 45.8 Å². The molecule has 0 spiro atoms. The molecule has 0 saturated carbocycles. The van der Waals surface area contributed by atoms with Crippen molar-refractivity contribution in [1.82, 2.24) is 0 Å². The molecule has 0 radical (unpaired) electrons. The lowest BCUT2D eigenvalue weighted by Gasteiger charge is -2.05. The number of carboxylic acids is 1. The number of sulfone groups is 1. The molecule has 0 atom stereocenters. The van der Waals surface area contributed by atoms with Crippen molar-refractivity contribution in [3.63, 3.8) is 0 Å². The molecule has 1 aromatic rings. The van der Waals surface area contributed by atoms with Crippen molar-refractivity contribution >= 4 is 36.6 Å². The van der Waals surface area contributed by atoms with Crippen LogP contribution in [-0.4, -0.2) is 19.5 Å². The van der Waals surface area contributed by atoms with Gasteiger partial charge in [0.2, 0.25) is 9.84 Å². The molecule has 17 heavy (non-hydrogen) atoms. The fourth-order valence-electron chi connectivity index (χ4n) is 1.53. The van der Waals surface area contributed by atoms with Gasteiger partial charge in [-0.25, -0.2) is 13.2 Å². The van der Waals surface area contributed by atoms with E-state index in [1.54, 1.807) is 24.3 Å². The van der Waals surface area contributed by atoms with E-state index in [0.29, 0.717) is 5.56 Å². The molecule has 4 nitrogen and oxygen atoms in total. The third-order valence-electron chi connectivity index (χ3n) is 2.29. The van der Waals surface area contributed by atoms with Crippen LogP contribution in [0.25, 0.3) is 4.91 Å². The lowest BCUT2D eigenvalue weighted by molar-refractivity contribution is -0.131. The zero-order chi connectivity index (χ0) is 12.6. The molecule has 2 rings (SSSR count). The molecule has 1 aromatic carbocycles. The highest BCUT2D eigenvalue weighted by Gasteiger charge is 2.33. The predicted molar refractivity (Wildman–Crippen MR) is 66.8 cm³/mol. The summed E-state index contributed by atoms with van der Waals surface area (Å²) in [6, 6.07) is 6.69. The monoisotopic (exact) mass is 314 g/mol. The summed E-state index contributed by atoms with van der Waals surface area (Å²) in [4.78, 5) is 10.2. The Hall–Kier alpha value is -1.40. The summed E-state index contributed by atoms with van der Waals surface area (Å²) in [5, 5.41) is 8.78. The van der Waals surface area contributed by atoms with Crippen LogP contribution >= 0.6 is 15.9 Å².